The summed E-state index contributed by atoms with van der Waals surface area (Å²) in [5.41, 5.74) is 0. The first-order valence-electron chi connectivity index (χ1n) is 3.94. The molecule has 0 unspecified atom stereocenters. The fraction of sp³-hybridized carbons (Fsp3) is 0. The lowest BCUT2D eigenvalue weighted by Crippen LogP contribution is -2.01. The maximum atomic E-state index is 5.54. The molecular weight excluding hydrogens is 310 g/mol. The average Bonchev–Trinajstić information content (AvgIpc) is 2.66. The number of nitrogens with zero attached hydrogens (tertiary/aromatic N) is 1. The third kappa shape index (κ3) is 2.01. The van der Waals surface area contributed by atoms with Crippen molar-refractivity contribution in [3.05, 3.63) is 51.7 Å². The van der Waals surface area contributed by atoms with Gasteiger partial charge in [0.15, 0.2) is 5.75 Å². The van der Waals surface area contributed by atoms with Gasteiger partial charge >= 0.3 is 0 Å². The standard InChI is InChI=1S/C10H6Br2NO/c11-8-4-3-5-9(10(8)12)14-13-6-1-2-7-13/h1,3-7H. The van der Waals surface area contributed by atoms with Crippen LogP contribution in [-0.4, -0.2) is 4.73 Å². The summed E-state index contributed by atoms with van der Waals surface area (Å²) >= 11 is 6.84. The van der Waals surface area contributed by atoms with E-state index in [1.165, 1.54) is 0 Å². The molecule has 0 aliphatic rings. The first kappa shape index (κ1) is 9.80. The van der Waals surface area contributed by atoms with Crippen LogP contribution in [0.15, 0.2) is 45.6 Å². The molecule has 4 heteroatoms. The maximum absolute atomic E-state index is 5.54. The molecule has 2 nitrogen and oxygen atoms in total. The van der Waals surface area contributed by atoms with Gasteiger partial charge in [-0.3, -0.25) is 0 Å². The van der Waals surface area contributed by atoms with Crippen LogP contribution in [0.5, 0.6) is 5.75 Å². The van der Waals surface area contributed by atoms with Crippen LogP contribution in [0.25, 0.3) is 0 Å². The van der Waals surface area contributed by atoms with Gasteiger partial charge in [0.25, 0.3) is 0 Å². The van der Waals surface area contributed by atoms with Gasteiger partial charge in [-0.2, -0.15) is 4.73 Å². The van der Waals surface area contributed by atoms with Crippen molar-refractivity contribution in [3.63, 3.8) is 0 Å². The van der Waals surface area contributed by atoms with E-state index in [1.54, 1.807) is 23.2 Å². The first-order valence-corrected chi connectivity index (χ1v) is 5.52. The Morgan fingerprint density at radius 1 is 1.29 bits per heavy atom. The lowest BCUT2D eigenvalue weighted by Gasteiger charge is -2.08. The second-order valence-electron chi connectivity index (χ2n) is 2.61. The third-order valence-corrected chi connectivity index (χ3v) is 3.65. The Morgan fingerprint density at radius 2 is 2.14 bits per heavy atom. The molecule has 0 aliphatic carbocycles. The molecule has 0 spiro atoms. The molecule has 0 N–H and O–H groups in total. The first-order chi connectivity index (χ1) is 6.77. The van der Waals surface area contributed by atoms with Crippen molar-refractivity contribution < 1.29 is 4.84 Å². The molecule has 0 fully saturated rings. The monoisotopic (exact) mass is 314 g/mol. The molecule has 1 radical (unpaired) electrons. The minimum atomic E-state index is 0.754. The zero-order valence-corrected chi connectivity index (χ0v) is 10.2. The van der Waals surface area contributed by atoms with Crippen LogP contribution in [0.2, 0.25) is 0 Å². The predicted molar refractivity (Wildman–Crippen MR) is 61.1 cm³/mol. The lowest BCUT2D eigenvalue weighted by molar-refractivity contribution is 0.215. The SMILES string of the molecule is Brc1cccc(On2c[c]cc2)c1Br. The van der Waals surface area contributed by atoms with Crippen molar-refractivity contribution in [1.29, 1.82) is 0 Å². The van der Waals surface area contributed by atoms with Crippen LogP contribution in [-0.2, 0) is 0 Å². The number of aromatic nitrogens is 1. The molecular formula is C10H6Br2NO. The van der Waals surface area contributed by atoms with Gasteiger partial charge in [0.1, 0.15) is 0 Å². The summed E-state index contributed by atoms with van der Waals surface area (Å²) in [6.07, 6.45) is 3.50. The van der Waals surface area contributed by atoms with E-state index in [4.69, 9.17) is 4.84 Å². The Balaban J connectivity index is 2.29. The van der Waals surface area contributed by atoms with Crippen LogP contribution in [0.4, 0.5) is 0 Å². The topological polar surface area (TPSA) is 14.2 Å². The third-order valence-electron chi connectivity index (χ3n) is 1.64. The second kappa shape index (κ2) is 4.19. The van der Waals surface area contributed by atoms with Gasteiger partial charge in [0.2, 0.25) is 0 Å². The minimum Gasteiger partial charge on any atom is -0.375 e. The molecule has 0 atom stereocenters. The van der Waals surface area contributed by atoms with E-state index in [-0.39, 0.29) is 0 Å². The number of hydrogen-bond acceptors (Lipinski definition) is 1. The predicted octanol–water partition coefficient (Wildman–Crippen LogP) is 3.66. The Labute approximate surface area is 98.7 Å². The van der Waals surface area contributed by atoms with Gasteiger partial charge in [-0.15, -0.1) is 0 Å². The van der Waals surface area contributed by atoms with Gasteiger partial charge in [0.05, 0.1) is 10.7 Å². The highest BCUT2D eigenvalue weighted by Gasteiger charge is 2.04. The van der Waals surface area contributed by atoms with Gasteiger partial charge in [-0.1, -0.05) is 6.07 Å². The molecule has 0 amide bonds. The molecule has 0 saturated carbocycles. The Morgan fingerprint density at radius 3 is 2.86 bits per heavy atom. The molecule has 2 aromatic rings. The number of rotatable bonds is 2. The van der Waals surface area contributed by atoms with Crippen LogP contribution in [0.1, 0.15) is 0 Å². The highest BCUT2D eigenvalue weighted by Crippen LogP contribution is 2.32. The van der Waals surface area contributed by atoms with E-state index >= 15 is 0 Å². The van der Waals surface area contributed by atoms with E-state index in [2.05, 4.69) is 37.9 Å². The largest absolute Gasteiger partial charge is 0.375 e. The number of halogens is 2. The minimum absolute atomic E-state index is 0.754. The van der Waals surface area contributed by atoms with E-state index < -0.39 is 0 Å². The van der Waals surface area contributed by atoms with Crippen LogP contribution >= 0.6 is 31.9 Å². The van der Waals surface area contributed by atoms with Crippen molar-refractivity contribution in [2.75, 3.05) is 0 Å². The summed E-state index contributed by atoms with van der Waals surface area (Å²) in [5.74, 6) is 0.754. The molecule has 1 heterocycles. The number of hydrogen-bond donors (Lipinski definition) is 0. The van der Waals surface area contributed by atoms with Crippen molar-refractivity contribution in [3.8, 4) is 5.75 Å². The molecule has 1 aromatic heterocycles. The van der Waals surface area contributed by atoms with Gasteiger partial charge in [-0.05, 0) is 50.1 Å². The fourth-order valence-corrected chi connectivity index (χ4v) is 1.69. The van der Waals surface area contributed by atoms with Crippen LogP contribution in [0, 0.1) is 6.07 Å². The summed E-state index contributed by atoms with van der Waals surface area (Å²) < 4.78 is 3.45. The van der Waals surface area contributed by atoms with Gasteiger partial charge in [0, 0.05) is 16.7 Å². The summed E-state index contributed by atoms with van der Waals surface area (Å²) in [6, 6.07) is 10.4. The van der Waals surface area contributed by atoms with Crippen molar-refractivity contribution in [2.24, 2.45) is 0 Å². The highest BCUT2D eigenvalue weighted by atomic mass is 79.9. The summed E-state index contributed by atoms with van der Waals surface area (Å²) in [5, 5.41) is 0. The second-order valence-corrected chi connectivity index (χ2v) is 4.26. The molecule has 71 valence electrons. The van der Waals surface area contributed by atoms with Crippen LogP contribution in [0.3, 0.4) is 0 Å². The smallest absolute Gasteiger partial charge is 0.171 e. The highest BCUT2D eigenvalue weighted by molar-refractivity contribution is 9.13. The van der Waals surface area contributed by atoms with Crippen molar-refractivity contribution >= 4 is 31.9 Å². The van der Waals surface area contributed by atoms with E-state index in [0.717, 1.165) is 14.7 Å². The summed E-state index contributed by atoms with van der Waals surface area (Å²) in [4.78, 5) is 5.54. The van der Waals surface area contributed by atoms with E-state index in [1.807, 2.05) is 18.2 Å². The Hall–Kier alpha value is -0.740. The van der Waals surface area contributed by atoms with Crippen molar-refractivity contribution in [2.45, 2.75) is 0 Å². The molecule has 0 bridgehead atoms. The molecule has 0 saturated heterocycles. The van der Waals surface area contributed by atoms with Crippen LogP contribution < -0.4 is 4.84 Å². The van der Waals surface area contributed by atoms with Gasteiger partial charge in [-0.25, -0.2) is 0 Å². The number of benzene rings is 1. The fourth-order valence-electron chi connectivity index (χ4n) is 1.00. The lowest BCUT2D eigenvalue weighted by atomic mass is 10.3. The zero-order valence-electron chi connectivity index (χ0n) is 7.08. The average molecular weight is 316 g/mol. The summed E-state index contributed by atoms with van der Waals surface area (Å²) in [7, 11) is 0. The maximum Gasteiger partial charge on any atom is 0.171 e. The molecule has 0 aliphatic heterocycles. The Bertz CT molecular complexity index is 426. The quantitative estimate of drug-likeness (QED) is 0.825. The van der Waals surface area contributed by atoms with E-state index in [0.29, 0.717) is 0 Å². The molecule has 2 rings (SSSR count). The Kier molecular flexibility index (Phi) is 2.93. The van der Waals surface area contributed by atoms with E-state index in [9.17, 15) is 0 Å². The molecule has 14 heavy (non-hydrogen) atoms. The van der Waals surface area contributed by atoms with Gasteiger partial charge < -0.3 is 4.84 Å². The normalized spacial score (nSPS) is 10.1. The summed E-state index contributed by atoms with van der Waals surface area (Å²) in [6.45, 7) is 0. The van der Waals surface area contributed by atoms with Crippen molar-refractivity contribution in [1.82, 2.24) is 4.73 Å². The zero-order chi connectivity index (χ0) is 9.97. The molecule has 1 aromatic carbocycles.